The van der Waals surface area contributed by atoms with Crippen LogP contribution >= 0.6 is 0 Å². The van der Waals surface area contributed by atoms with Crippen LogP contribution < -0.4 is 5.32 Å². The minimum atomic E-state index is -4.46. The molecule has 0 aliphatic carbocycles. The third-order valence-electron chi connectivity index (χ3n) is 5.02. The zero-order valence-electron chi connectivity index (χ0n) is 15.5. The molecule has 9 heteroatoms. The van der Waals surface area contributed by atoms with Crippen molar-refractivity contribution in [3.05, 3.63) is 29.8 Å². The third kappa shape index (κ3) is 5.45. The number of halogens is 3. The number of morpholine rings is 1. The fraction of sp³-hybridized carbons (Fsp3) is 0.579. The highest BCUT2D eigenvalue weighted by atomic mass is 19.4. The van der Waals surface area contributed by atoms with Crippen LogP contribution in [-0.4, -0.2) is 67.6 Å². The van der Waals surface area contributed by atoms with E-state index in [0.717, 1.165) is 25.0 Å². The van der Waals surface area contributed by atoms with E-state index < -0.39 is 17.6 Å². The van der Waals surface area contributed by atoms with E-state index in [2.05, 4.69) is 5.32 Å². The minimum Gasteiger partial charge on any atom is -0.378 e. The van der Waals surface area contributed by atoms with Crippen LogP contribution in [0.15, 0.2) is 24.3 Å². The Morgan fingerprint density at radius 3 is 2.64 bits per heavy atom. The van der Waals surface area contributed by atoms with Crippen molar-refractivity contribution in [1.29, 1.82) is 0 Å². The largest absolute Gasteiger partial charge is 0.416 e. The number of amides is 2. The van der Waals surface area contributed by atoms with Gasteiger partial charge in [-0.15, -0.1) is 0 Å². The molecule has 1 atom stereocenters. The van der Waals surface area contributed by atoms with Gasteiger partial charge in [-0.25, -0.2) is 0 Å². The van der Waals surface area contributed by atoms with Crippen LogP contribution in [-0.2, 0) is 20.5 Å². The Hall–Kier alpha value is -2.13. The molecule has 0 saturated carbocycles. The molecular weight excluding hydrogens is 375 g/mol. The number of carbonyl (C=O) groups excluding carboxylic acids is 2. The fourth-order valence-electron chi connectivity index (χ4n) is 3.62. The molecule has 2 fully saturated rings. The van der Waals surface area contributed by atoms with Crippen LogP contribution in [0, 0.1) is 5.92 Å². The Morgan fingerprint density at radius 1 is 1.18 bits per heavy atom. The average Bonchev–Trinajstić information content (AvgIpc) is 2.68. The van der Waals surface area contributed by atoms with Crippen molar-refractivity contribution in [2.75, 3.05) is 51.3 Å². The highest BCUT2D eigenvalue weighted by molar-refractivity contribution is 5.92. The minimum absolute atomic E-state index is 0.0448. The normalized spacial score (nSPS) is 21.4. The lowest BCUT2D eigenvalue weighted by atomic mass is 9.96. The summed E-state index contributed by atoms with van der Waals surface area (Å²) in [6.45, 7) is 3.47. The predicted molar refractivity (Wildman–Crippen MR) is 96.6 cm³/mol. The number of nitrogens with one attached hydrogen (secondary N) is 1. The van der Waals surface area contributed by atoms with Crippen molar-refractivity contribution in [2.45, 2.75) is 19.0 Å². The Morgan fingerprint density at radius 2 is 1.93 bits per heavy atom. The van der Waals surface area contributed by atoms with Gasteiger partial charge in [0.1, 0.15) is 0 Å². The number of ether oxygens (including phenoxy) is 1. The molecule has 0 spiro atoms. The molecule has 2 aliphatic heterocycles. The number of hydrogen-bond acceptors (Lipinski definition) is 4. The molecule has 0 bridgehead atoms. The molecule has 28 heavy (non-hydrogen) atoms. The van der Waals surface area contributed by atoms with Crippen LogP contribution in [0.5, 0.6) is 0 Å². The fourth-order valence-corrected chi connectivity index (χ4v) is 3.62. The number of benzene rings is 1. The zero-order valence-corrected chi connectivity index (χ0v) is 15.5. The molecule has 154 valence electrons. The van der Waals surface area contributed by atoms with Crippen LogP contribution in [0.3, 0.4) is 0 Å². The first kappa shape index (κ1) is 20.6. The van der Waals surface area contributed by atoms with E-state index >= 15 is 0 Å². The van der Waals surface area contributed by atoms with Gasteiger partial charge in [-0.05, 0) is 37.6 Å². The maximum atomic E-state index is 12.8. The quantitative estimate of drug-likeness (QED) is 0.844. The molecule has 0 radical (unpaired) electrons. The van der Waals surface area contributed by atoms with Gasteiger partial charge < -0.3 is 15.0 Å². The molecule has 1 N–H and O–H groups in total. The van der Waals surface area contributed by atoms with Gasteiger partial charge in [-0.3, -0.25) is 14.5 Å². The first-order valence-electron chi connectivity index (χ1n) is 9.39. The molecule has 2 amide bonds. The molecule has 1 unspecified atom stereocenters. The van der Waals surface area contributed by atoms with Crippen LogP contribution in [0.25, 0.3) is 0 Å². The molecular formula is C19H24F3N3O3. The molecule has 0 aromatic heterocycles. The molecule has 3 rings (SSSR count). The Balaban J connectivity index is 1.53. The van der Waals surface area contributed by atoms with Crippen molar-refractivity contribution in [1.82, 2.24) is 9.80 Å². The highest BCUT2D eigenvalue weighted by Crippen LogP contribution is 2.30. The molecule has 2 heterocycles. The summed E-state index contributed by atoms with van der Waals surface area (Å²) >= 11 is 0. The van der Waals surface area contributed by atoms with Crippen molar-refractivity contribution in [3.63, 3.8) is 0 Å². The van der Waals surface area contributed by atoms with Crippen molar-refractivity contribution in [2.24, 2.45) is 5.92 Å². The summed E-state index contributed by atoms with van der Waals surface area (Å²) in [4.78, 5) is 28.6. The number of rotatable bonds is 4. The van der Waals surface area contributed by atoms with Gasteiger partial charge in [0.15, 0.2) is 0 Å². The van der Waals surface area contributed by atoms with E-state index in [-0.39, 0.29) is 24.1 Å². The average molecular weight is 399 g/mol. The van der Waals surface area contributed by atoms with E-state index in [1.165, 1.54) is 12.1 Å². The number of hydrogen-bond donors (Lipinski definition) is 1. The van der Waals surface area contributed by atoms with E-state index in [1.54, 1.807) is 4.90 Å². The SMILES string of the molecule is O=C(CN1CCCC(C(=O)N2CCOCC2)C1)Nc1cccc(C(F)(F)F)c1. The van der Waals surface area contributed by atoms with E-state index in [1.807, 2.05) is 4.90 Å². The summed E-state index contributed by atoms with van der Waals surface area (Å²) in [6.07, 6.45) is -2.87. The summed E-state index contributed by atoms with van der Waals surface area (Å²) in [5.74, 6) is -0.460. The summed E-state index contributed by atoms with van der Waals surface area (Å²) in [5.41, 5.74) is -0.697. The molecule has 6 nitrogen and oxygen atoms in total. The van der Waals surface area contributed by atoms with Gasteiger partial charge in [-0.1, -0.05) is 6.07 Å². The van der Waals surface area contributed by atoms with Gasteiger partial charge in [0.05, 0.1) is 31.2 Å². The van der Waals surface area contributed by atoms with Gasteiger partial charge in [0, 0.05) is 25.3 Å². The lowest BCUT2D eigenvalue weighted by Gasteiger charge is -2.35. The third-order valence-corrected chi connectivity index (χ3v) is 5.02. The van der Waals surface area contributed by atoms with Gasteiger partial charge in [0.25, 0.3) is 0 Å². The lowest BCUT2D eigenvalue weighted by molar-refractivity contribution is -0.142. The van der Waals surface area contributed by atoms with Gasteiger partial charge >= 0.3 is 6.18 Å². The first-order chi connectivity index (χ1) is 13.3. The maximum absolute atomic E-state index is 12.8. The molecule has 2 aliphatic rings. The second-order valence-corrected chi connectivity index (χ2v) is 7.14. The monoisotopic (exact) mass is 399 g/mol. The Labute approximate surface area is 161 Å². The van der Waals surface area contributed by atoms with Crippen molar-refractivity contribution >= 4 is 17.5 Å². The maximum Gasteiger partial charge on any atom is 0.416 e. The van der Waals surface area contributed by atoms with Crippen LogP contribution in [0.4, 0.5) is 18.9 Å². The van der Waals surface area contributed by atoms with E-state index in [4.69, 9.17) is 4.74 Å². The molecule has 2 saturated heterocycles. The number of likely N-dealkylation sites (tertiary alicyclic amines) is 1. The first-order valence-corrected chi connectivity index (χ1v) is 9.39. The number of alkyl halides is 3. The van der Waals surface area contributed by atoms with Gasteiger partial charge in [-0.2, -0.15) is 13.2 Å². The zero-order chi connectivity index (χ0) is 20.1. The van der Waals surface area contributed by atoms with Crippen molar-refractivity contribution in [3.8, 4) is 0 Å². The number of nitrogens with zero attached hydrogens (tertiary/aromatic N) is 2. The Kier molecular flexibility index (Phi) is 6.56. The second kappa shape index (κ2) is 8.91. The number of anilines is 1. The summed E-state index contributed by atoms with van der Waals surface area (Å²) in [5, 5.41) is 2.52. The smallest absolute Gasteiger partial charge is 0.378 e. The van der Waals surface area contributed by atoms with Crippen LogP contribution in [0.1, 0.15) is 18.4 Å². The Bertz CT molecular complexity index is 705. The number of piperidine rings is 1. The van der Waals surface area contributed by atoms with Gasteiger partial charge in [0.2, 0.25) is 11.8 Å². The second-order valence-electron chi connectivity index (χ2n) is 7.14. The summed E-state index contributed by atoms with van der Waals surface area (Å²) in [7, 11) is 0. The lowest BCUT2D eigenvalue weighted by Crippen LogP contribution is -2.49. The standard InChI is InChI=1S/C19H24F3N3O3/c20-19(21,22)15-4-1-5-16(11-15)23-17(26)13-24-6-2-3-14(12-24)18(27)25-7-9-28-10-8-25/h1,4-5,11,14H,2-3,6-10,12-13H2,(H,23,26). The topological polar surface area (TPSA) is 61.9 Å². The highest BCUT2D eigenvalue weighted by Gasteiger charge is 2.32. The van der Waals surface area contributed by atoms with E-state index in [9.17, 15) is 22.8 Å². The van der Waals surface area contributed by atoms with E-state index in [0.29, 0.717) is 39.4 Å². The van der Waals surface area contributed by atoms with Crippen molar-refractivity contribution < 1.29 is 27.5 Å². The summed E-state index contributed by atoms with van der Waals surface area (Å²) in [6, 6.07) is 4.56. The number of carbonyl (C=O) groups is 2. The summed E-state index contributed by atoms with van der Waals surface area (Å²) < 4.78 is 43.6. The predicted octanol–water partition coefficient (Wildman–Crippen LogP) is 2.21. The van der Waals surface area contributed by atoms with Crippen LogP contribution in [0.2, 0.25) is 0 Å². The molecule has 1 aromatic carbocycles. The molecule has 1 aromatic rings.